The zero-order valence-electron chi connectivity index (χ0n) is 7.70. The van der Waals surface area contributed by atoms with Gasteiger partial charge in [0.25, 0.3) is 0 Å². The second kappa shape index (κ2) is 4.99. The number of azide groups is 1. The van der Waals surface area contributed by atoms with Gasteiger partial charge in [0.2, 0.25) is 0 Å². The summed E-state index contributed by atoms with van der Waals surface area (Å²) >= 11 is 0. The second-order valence-electron chi connectivity index (χ2n) is 2.77. The summed E-state index contributed by atoms with van der Waals surface area (Å²) in [6.45, 7) is 0.0717. The van der Waals surface area contributed by atoms with Crippen LogP contribution in [0.25, 0.3) is 10.4 Å². The van der Waals surface area contributed by atoms with Crippen molar-refractivity contribution in [3.05, 3.63) is 28.3 Å². The summed E-state index contributed by atoms with van der Waals surface area (Å²) in [6.07, 6.45) is 1.31. The van der Waals surface area contributed by atoms with Crippen molar-refractivity contribution >= 4 is 5.97 Å². The van der Waals surface area contributed by atoms with E-state index in [9.17, 15) is 4.79 Å². The van der Waals surface area contributed by atoms with Crippen molar-refractivity contribution in [1.29, 1.82) is 0 Å². The van der Waals surface area contributed by atoms with Crippen molar-refractivity contribution < 1.29 is 14.3 Å². The Labute approximate surface area is 84.3 Å². The van der Waals surface area contributed by atoms with Gasteiger partial charge >= 0.3 is 5.97 Å². The van der Waals surface area contributed by atoms with Crippen molar-refractivity contribution in [2.24, 2.45) is 10.8 Å². The molecule has 0 saturated heterocycles. The number of rotatable bonds is 5. The van der Waals surface area contributed by atoms with Gasteiger partial charge in [-0.15, -0.1) is 0 Å². The molecule has 80 valence electrons. The third-order valence-corrected chi connectivity index (χ3v) is 1.61. The van der Waals surface area contributed by atoms with E-state index in [1.165, 1.54) is 6.26 Å². The van der Waals surface area contributed by atoms with Gasteiger partial charge in [0, 0.05) is 4.91 Å². The van der Waals surface area contributed by atoms with Crippen LogP contribution in [0.2, 0.25) is 0 Å². The number of nitrogens with zero attached hydrogens (tertiary/aromatic N) is 4. The standard InChI is InChI=1S/C7H9N5O3/c8-5(7(13)14)1-6-11-4(3-15-6)2-10-12-9/h3,5H,1-2,8H2,(H,13,14)/t5-/m0/s1. The van der Waals surface area contributed by atoms with Gasteiger partial charge in [-0.1, -0.05) is 5.11 Å². The molecule has 1 aromatic heterocycles. The molecule has 0 aromatic carbocycles. The molecule has 15 heavy (non-hydrogen) atoms. The number of aromatic nitrogens is 1. The summed E-state index contributed by atoms with van der Waals surface area (Å²) in [5.41, 5.74) is 13.8. The van der Waals surface area contributed by atoms with Gasteiger partial charge in [-0.05, 0) is 5.53 Å². The van der Waals surface area contributed by atoms with E-state index in [0.717, 1.165) is 0 Å². The summed E-state index contributed by atoms with van der Waals surface area (Å²) < 4.78 is 4.94. The van der Waals surface area contributed by atoms with Crippen LogP contribution >= 0.6 is 0 Å². The second-order valence-corrected chi connectivity index (χ2v) is 2.77. The molecule has 0 amide bonds. The number of nitrogens with two attached hydrogens (primary N) is 1. The molecule has 1 atom stereocenters. The zero-order valence-corrected chi connectivity index (χ0v) is 7.70. The van der Waals surface area contributed by atoms with E-state index in [1.54, 1.807) is 0 Å². The number of hydrogen-bond acceptors (Lipinski definition) is 5. The average molecular weight is 211 g/mol. The van der Waals surface area contributed by atoms with Gasteiger partial charge in [-0.2, -0.15) is 0 Å². The van der Waals surface area contributed by atoms with Crippen LogP contribution in [-0.2, 0) is 17.8 Å². The fourth-order valence-electron chi connectivity index (χ4n) is 0.895. The SMILES string of the molecule is [N-]=[N+]=NCc1coc(C[C@H](N)C(=O)O)n1. The Kier molecular flexibility index (Phi) is 3.67. The number of carbonyl (C=O) groups is 1. The summed E-state index contributed by atoms with van der Waals surface area (Å²) in [4.78, 5) is 16.9. The fourth-order valence-corrected chi connectivity index (χ4v) is 0.895. The Hall–Kier alpha value is -2.05. The maximum Gasteiger partial charge on any atom is 0.321 e. The molecule has 0 fully saturated rings. The van der Waals surface area contributed by atoms with Gasteiger partial charge in [-0.25, -0.2) is 4.98 Å². The molecule has 8 heteroatoms. The first-order valence-corrected chi connectivity index (χ1v) is 4.06. The maximum atomic E-state index is 10.4. The Morgan fingerprint density at radius 3 is 3.20 bits per heavy atom. The van der Waals surface area contributed by atoms with E-state index in [2.05, 4.69) is 15.0 Å². The first kappa shape index (κ1) is 11.0. The van der Waals surface area contributed by atoms with Crippen LogP contribution in [0.4, 0.5) is 0 Å². The minimum Gasteiger partial charge on any atom is -0.480 e. The molecular weight excluding hydrogens is 202 g/mol. The highest BCUT2D eigenvalue weighted by Gasteiger charge is 2.15. The van der Waals surface area contributed by atoms with Gasteiger partial charge in [0.1, 0.15) is 12.3 Å². The Bertz CT molecular complexity index is 395. The minimum atomic E-state index is -1.12. The first-order chi connectivity index (χ1) is 7.13. The smallest absolute Gasteiger partial charge is 0.321 e. The van der Waals surface area contributed by atoms with Gasteiger partial charge in [0.05, 0.1) is 18.7 Å². The van der Waals surface area contributed by atoms with Crippen molar-refractivity contribution in [3.63, 3.8) is 0 Å². The van der Waals surface area contributed by atoms with Crippen LogP contribution in [-0.4, -0.2) is 22.1 Å². The van der Waals surface area contributed by atoms with Crippen molar-refractivity contribution in [3.8, 4) is 0 Å². The van der Waals surface area contributed by atoms with Crippen molar-refractivity contribution in [2.75, 3.05) is 0 Å². The average Bonchev–Trinajstić information content (AvgIpc) is 2.62. The minimum absolute atomic E-state index is 0.00556. The van der Waals surface area contributed by atoms with Crippen LogP contribution in [0.5, 0.6) is 0 Å². The third-order valence-electron chi connectivity index (χ3n) is 1.61. The lowest BCUT2D eigenvalue weighted by molar-refractivity contribution is -0.138. The molecule has 0 spiro atoms. The number of carboxylic acid groups (broad SMARTS) is 1. The Morgan fingerprint density at radius 1 is 1.87 bits per heavy atom. The molecule has 0 saturated carbocycles. The van der Waals surface area contributed by atoms with E-state index in [1.807, 2.05) is 0 Å². The number of aliphatic carboxylic acids is 1. The highest BCUT2D eigenvalue weighted by atomic mass is 16.4. The topological polar surface area (TPSA) is 138 Å². The van der Waals surface area contributed by atoms with Gasteiger partial charge < -0.3 is 15.3 Å². The van der Waals surface area contributed by atoms with Crippen LogP contribution in [0.1, 0.15) is 11.6 Å². The lowest BCUT2D eigenvalue weighted by Gasteiger charge is -2.00. The molecule has 3 N–H and O–H groups in total. The molecule has 0 bridgehead atoms. The van der Waals surface area contributed by atoms with E-state index in [4.69, 9.17) is 20.8 Å². The summed E-state index contributed by atoms with van der Waals surface area (Å²) in [5.74, 6) is -0.905. The fraction of sp³-hybridized carbons (Fsp3) is 0.429. The van der Waals surface area contributed by atoms with E-state index in [0.29, 0.717) is 5.69 Å². The lowest BCUT2D eigenvalue weighted by Crippen LogP contribution is -2.32. The quantitative estimate of drug-likeness (QED) is 0.413. The monoisotopic (exact) mass is 211 g/mol. The molecule has 0 unspecified atom stereocenters. The molecule has 0 aliphatic rings. The van der Waals surface area contributed by atoms with Gasteiger partial charge in [0.15, 0.2) is 5.89 Å². The van der Waals surface area contributed by atoms with Crippen LogP contribution in [0, 0.1) is 0 Å². The number of oxazole rings is 1. The van der Waals surface area contributed by atoms with Crippen LogP contribution in [0.3, 0.4) is 0 Å². The van der Waals surface area contributed by atoms with E-state index >= 15 is 0 Å². The normalized spacial score (nSPS) is 11.8. The highest BCUT2D eigenvalue weighted by molar-refractivity contribution is 5.73. The Balaban J connectivity index is 2.60. The van der Waals surface area contributed by atoms with E-state index in [-0.39, 0.29) is 18.9 Å². The summed E-state index contributed by atoms with van der Waals surface area (Å²) in [6, 6.07) is -1.05. The lowest BCUT2D eigenvalue weighted by atomic mass is 10.2. The molecule has 0 aliphatic carbocycles. The van der Waals surface area contributed by atoms with Crippen molar-refractivity contribution in [1.82, 2.24) is 4.98 Å². The molecule has 0 radical (unpaired) electrons. The maximum absolute atomic E-state index is 10.4. The molecule has 8 nitrogen and oxygen atoms in total. The molecule has 1 aromatic rings. The third kappa shape index (κ3) is 3.29. The molecule has 1 rings (SSSR count). The molecule has 0 aliphatic heterocycles. The van der Waals surface area contributed by atoms with Crippen LogP contribution in [0.15, 0.2) is 15.8 Å². The zero-order chi connectivity index (χ0) is 11.3. The van der Waals surface area contributed by atoms with E-state index < -0.39 is 12.0 Å². The molecular formula is C7H9N5O3. The summed E-state index contributed by atoms with van der Waals surface area (Å²) in [7, 11) is 0. The molecule has 1 heterocycles. The predicted octanol–water partition coefficient (Wildman–Crippen LogP) is 0.439. The Morgan fingerprint density at radius 2 is 2.60 bits per heavy atom. The number of hydrogen-bond donors (Lipinski definition) is 2. The first-order valence-electron chi connectivity index (χ1n) is 4.06. The van der Waals surface area contributed by atoms with Crippen molar-refractivity contribution in [2.45, 2.75) is 19.0 Å². The van der Waals surface area contributed by atoms with Gasteiger partial charge in [-0.3, -0.25) is 4.79 Å². The van der Waals surface area contributed by atoms with Crippen LogP contribution < -0.4 is 5.73 Å². The predicted molar refractivity (Wildman–Crippen MR) is 48.7 cm³/mol. The largest absolute Gasteiger partial charge is 0.480 e. The summed E-state index contributed by atoms with van der Waals surface area (Å²) in [5, 5.41) is 11.8. The number of carboxylic acids is 1. The highest BCUT2D eigenvalue weighted by Crippen LogP contribution is 2.05.